The van der Waals surface area contributed by atoms with Crippen LogP contribution in [0, 0.1) is 12.8 Å². The van der Waals surface area contributed by atoms with Gasteiger partial charge in [0.05, 0.1) is 5.69 Å². The van der Waals surface area contributed by atoms with Gasteiger partial charge in [0.2, 0.25) is 0 Å². The van der Waals surface area contributed by atoms with E-state index in [0.717, 1.165) is 11.6 Å². The Morgan fingerprint density at radius 3 is 1.78 bits per heavy atom. The summed E-state index contributed by atoms with van der Waals surface area (Å²) in [5.41, 5.74) is 4.09. The normalized spacial score (nSPS) is 12.3. The number of pyridine rings is 1. The maximum Gasteiger partial charge on any atom is 0.0600 e. The lowest BCUT2D eigenvalue weighted by atomic mass is 10.1. The minimum Gasteiger partial charge on any atom is -0.265 e. The number of fused-ring (bicyclic) bond motifs is 1. The van der Waals surface area contributed by atoms with Crippen LogP contribution in [-0.4, -0.2) is 15.2 Å². The molecule has 23 heavy (non-hydrogen) atoms. The van der Waals surface area contributed by atoms with Crippen molar-refractivity contribution in [3.63, 3.8) is 0 Å². The van der Waals surface area contributed by atoms with Crippen molar-refractivity contribution in [2.24, 2.45) is 5.92 Å². The molecule has 3 aromatic rings. The number of aromatic nitrogens is 3. The standard InChI is InChI=1S/C10H12.C5H6N2.C5H5N/c1-8-6-9-4-2-3-5-10(9)7-8;1-5-3-2-4-6-7-5;1-2-4-6-5-3-1/h2-5,8H,6-7H2,1H3;2-4H,1H3;1-5H. The molecule has 0 amide bonds. The number of nitrogens with zero attached hydrogens (tertiary/aromatic N) is 3. The molecule has 0 bridgehead atoms. The molecule has 2 heterocycles. The van der Waals surface area contributed by atoms with Crippen LogP contribution in [0.15, 0.2) is 73.2 Å². The van der Waals surface area contributed by atoms with Gasteiger partial charge in [-0.2, -0.15) is 10.2 Å². The van der Waals surface area contributed by atoms with E-state index in [1.165, 1.54) is 12.8 Å². The van der Waals surface area contributed by atoms with Crippen LogP contribution in [-0.2, 0) is 12.8 Å². The van der Waals surface area contributed by atoms with Gasteiger partial charge in [-0.05, 0) is 61.1 Å². The first-order valence-electron chi connectivity index (χ1n) is 7.92. The molecular weight excluding hydrogens is 282 g/mol. The van der Waals surface area contributed by atoms with E-state index in [-0.39, 0.29) is 0 Å². The third-order valence-corrected chi connectivity index (χ3v) is 3.53. The van der Waals surface area contributed by atoms with Gasteiger partial charge in [0.25, 0.3) is 0 Å². The van der Waals surface area contributed by atoms with Gasteiger partial charge in [-0.25, -0.2) is 0 Å². The maximum absolute atomic E-state index is 3.78. The van der Waals surface area contributed by atoms with Crippen molar-refractivity contribution in [2.75, 3.05) is 0 Å². The van der Waals surface area contributed by atoms with Gasteiger partial charge in [0.15, 0.2) is 0 Å². The highest BCUT2D eigenvalue weighted by Crippen LogP contribution is 2.25. The lowest BCUT2D eigenvalue weighted by molar-refractivity contribution is 0.628. The monoisotopic (exact) mass is 305 g/mol. The predicted octanol–water partition coefficient (Wildman–Crippen LogP) is 4.29. The largest absolute Gasteiger partial charge is 0.265 e. The second kappa shape index (κ2) is 9.46. The second-order valence-corrected chi connectivity index (χ2v) is 5.67. The number of hydrogen-bond acceptors (Lipinski definition) is 3. The summed E-state index contributed by atoms with van der Waals surface area (Å²) in [6.45, 7) is 4.23. The Bertz CT molecular complexity index is 617. The van der Waals surface area contributed by atoms with Gasteiger partial charge in [0.1, 0.15) is 0 Å². The third kappa shape index (κ3) is 6.39. The maximum atomic E-state index is 3.78. The Hall–Kier alpha value is -2.55. The van der Waals surface area contributed by atoms with Crippen LogP contribution in [0.1, 0.15) is 23.7 Å². The quantitative estimate of drug-likeness (QED) is 0.622. The summed E-state index contributed by atoms with van der Waals surface area (Å²) in [6.07, 6.45) is 7.74. The van der Waals surface area contributed by atoms with Crippen molar-refractivity contribution >= 4 is 0 Å². The fourth-order valence-corrected chi connectivity index (χ4v) is 2.47. The first kappa shape index (κ1) is 16.8. The van der Waals surface area contributed by atoms with Crippen LogP contribution in [0.3, 0.4) is 0 Å². The molecule has 118 valence electrons. The predicted molar refractivity (Wildman–Crippen MR) is 94.0 cm³/mol. The van der Waals surface area contributed by atoms with Crippen LogP contribution in [0.25, 0.3) is 0 Å². The van der Waals surface area contributed by atoms with E-state index in [4.69, 9.17) is 0 Å². The van der Waals surface area contributed by atoms with Crippen LogP contribution >= 0.6 is 0 Å². The highest BCUT2D eigenvalue weighted by atomic mass is 15.1. The molecule has 3 nitrogen and oxygen atoms in total. The van der Waals surface area contributed by atoms with Crippen molar-refractivity contribution in [2.45, 2.75) is 26.7 Å². The zero-order valence-electron chi connectivity index (χ0n) is 13.8. The molecule has 3 heteroatoms. The zero-order chi connectivity index (χ0) is 16.3. The Kier molecular flexibility index (Phi) is 6.92. The van der Waals surface area contributed by atoms with E-state index in [9.17, 15) is 0 Å². The van der Waals surface area contributed by atoms with Crippen LogP contribution in [0.4, 0.5) is 0 Å². The van der Waals surface area contributed by atoms with E-state index < -0.39 is 0 Å². The van der Waals surface area contributed by atoms with Crippen molar-refractivity contribution in [1.29, 1.82) is 0 Å². The number of aryl methyl sites for hydroxylation is 1. The molecule has 0 unspecified atom stereocenters. The molecule has 1 aromatic carbocycles. The molecule has 0 atom stereocenters. The van der Waals surface area contributed by atoms with E-state index in [1.807, 2.05) is 37.3 Å². The molecule has 0 spiro atoms. The molecule has 4 rings (SSSR count). The summed E-state index contributed by atoms with van der Waals surface area (Å²) in [4.78, 5) is 3.78. The summed E-state index contributed by atoms with van der Waals surface area (Å²) >= 11 is 0. The number of rotatable bonds is 0. The van der Waals surface area contributed by atoms with Gasteiger partial charge >= 0.3 is 0 Å². The van der Waals surface area contributed by atoms with Gasteiger partial charge in [-0.15, -0.1) is 0 Å². The zero-order valence-corrected chi connectivity index (χ0v) is 13.8. The highest BCUT2D eigenvalue weighted by Gasteiger charge is 2.15. The lowest BCUT2D eigenvalue weighted by Gasteiger charge is -1.93. The third-order valence-electron chi connectivity index (χ3n) is 3.53. The van der Waals surface area contributed by atoms with E-state index >= 15 is 0 Å². The average Bonchev–Trinajstić information content (AvgIpc) is 2.98. The van der Waals surface area contributed by atoms with E-state index in [0.29, 0.717) is 0 Å². The van der Waals surface area contributed by atoms with Crippen LogP contribution in [0.2, 0.25) is 0 Å². The summed E-state index contributed by atoms with van der Waals surface area (Å²) in [5.74, 6) is 0.873. The fourth-order valence-electron chi connectivity index (χ4n) is 2.47. The number of hydrogen-bond donors (Lipinski definition) is 0. The Morgan fingerprint density at radius 2 is 1.43 bits per heavy atom. The topological polar surface area (TPSA) is 38.7 Å². The molecular formula is C20H23N3. The van der Waals surface area contributed by atoms with Crippen molar-refractivity contribution in [3.8, 4) is 0 Å². The molecule has 1 aliphatic carbocycles. The van der Waals surface area contributed by atoms with Crippen LogP contribution in [0.5, 0.6) is 0 Å². The molecule has 2 aromatic heterocycles. The first-order valence-corrected chi connectivity index (χ1v) is 7.92. The summed E-state index contributed by atoms with van der Waals surface area (Å²) in [5, 5.41) is 7.36. The van der Waals surface area contributed by atoms with Gasteiger partial charge < -0.3 is 0 Å². The summed E-state index contributed by atoms with van der Waals surface area (Å²) in [6, 6.07) is 18.3. The molecule has 0 saturated heterocycles. The van der Waals surface area contributed by atoms with Gasteiger partial charge in [-0.1, -0.05) is 37.3 Å². The smallest absolute Gasteiger partial charge is 0.0600 e. The van der Waals surface area contributed by atoms with Crippen molar-refractivity contribution in [3.05, 3.63) is 90.0 Å². The van der Waals surface area contributed by atoms with Gasteiger partial charge in [-0.3, -0.25) is 4.98 Å². The summed E-state index contributed by atoms with van der Waals surface area (Å²) < 4.78 is 0. The SMILES string of the molecule is CC1Cc2ccccc2C1.Cc1cccnn1.c1ccncc1. The first-order chi connectivity index (χ1) is 11.3. The van der Waals surface area contributed by atoms with Crippen molar-refractivity contribution < 1.29 is 0 Å². The molecule has 0 N–H and O–H groups in total. The molecule has 0 saturated carbocycles. The van der Waals surface area contributed by atoms with Crippen LogP contribution < -0.4 is 0 Å². The average molecular weight is 305 g/mol. The summed E-state index contributed by atoms with van der Waals surface area (Å²) in [7, 11) is 0. The van der Waals surface area contributed by atoms with E-state index in [1.54, 1.807) is 29.7 Å². The Morgan fingerprint density at radius 1 is 0.783 bits per heavy atom. The highest BCUT2D eigenvalue weighted by molar-refractivity contribution is 5.31. The molecule has 0 fully saturated rings. The minimum atomic E-state index is 0.873. The number of benzene rings is 1. The fraction of sp³-hybridized carbons (Fsp3) is 0.250. The lowest BCUT2D eigenvalue weighted by Crippen LogP contribution is -1.89. The van der Waals surface area contributed by atoms with Gasteiger partial charge in [0, 0.05) is 18.6 Å². The molecule has 0 aliphatic heterocycles. The van der Waals surface area contributed by atoms with Crippen molar-refractivity contribution in [1.82, 2.24) is 15.2 Å². The molecule has 1 aliphatic rings. The van der Waals surface area contributed by atoms with E-state index in [2.05, 4.69) is 46.4 Å². The second-order valence-electron chi connectivity index (χ2n) is 5.67. The molecule has 0 radical (unpaired) electrons. The minimum absolute atomic E-state index is 0.873. The Balaban J connectivity index is 0.000000131. The Labute approximate surface area is 138 Å².